The number of nitrogens with zero attached hydrogens (tertiary/aromatic N) is 1. The molecule has 258 valence electrons. The number of likely N-dealkylation sites (tertiary alicyclic amines) is 1. The normalized spacial score (nSPS) is 16.8. The molecule has 46 heavy (non-hydrogen) atoms. The van der Waals surface area contributed by atoms with Crippen LogP contribution < -0.4 is 26.8 Å². The molecular formula is C36H54ClF3N4O2. The lowest BCUT2D eigenvalue weighted by Crippen LogP contribution is -2.39. The number of anilines is 2. The largest absolute Gasteiger partial charge is 0.405 e. The molecule has 6 nitrogen and oxygen atoms in total. The van der Waals surface area contributed by atoms with E-state index in [4.69, 9.17) is 11.6 Å². The fourth-order valence-corrected chi connectivity index (χ4v) is 5.49. The summed E-state index contributed by atoms with van der Waals surface area (Å²) in [6.07, 6.45) is 13.7. The second-order valence-corrected chi connectivity index (χ2v) is 12.8. The van der Waals surface area contributed by atoms with Crippen LogP contribution in [0.25, 0.3) is 0 Å². The van der Waals surface area contributed by atoms with Crippen molar-refractivity contribution < 1.29 is 13.2 Å². The van der Waals surface area contributed by atoms with E-state index in [0.717, 1.165) is 42.0 Å². The lowest BCUT2D eigenvalue weighted by atomic mass is 9.89. The number of piperidine rings is 1. The zero-order valence-corrected chi connectivity index (χ0v) is 29.4. The van der Waals surface area contributed by atoms with Crippen molar-refractivity contribution in [1.29, 1.82) is 0 Å². The molecule has 1 aromatic carbocycles. The molecular weight excluding hydrogens is 613 g/mol. The van der Waals surface area contributed by atoms with Crippen molar-refractivity contribution in [3.8, 4) is 0 Å². The van der Waals surface area contributed by atoms with Crippen LogP contribution in [0.4, 0.5) is 24.5 Å². The number of allylic oxidation sites excluding steroid dienone is 9. The zero-order chi connectivity index (χ0) is 34.9. The van der Waals surface area contributed by atoms with Crippen LogP contribution in [0, 0.1) is 11.8 Å². The molecule has 1 atom stereocenters. The highest BCUT2D eigenvalue weighted by Gasteiger charge is 2.30. The molecule has 2 aliphatic rings. The van der Waals surface area contributed by atoms with Gasteiger partial charge in [0.25, 0.3) is 10.9 Å². The van der Waals surface area contributed by atoms with Crippen LogP contribution in [0.5, 0.6) is 0 Å². The highest BCUT2D eigenvalue weighted by molar-refractivity contribution is 6.31. The number of alkyl halides is 3. The standard InChI is InChI=1S/C20H33ClN2.C13H15F3N2O2.C3H6/c1-16(14-22-3)4-5-18-8-10-23(11-9-18)15-19-6-7-20(21)13-17(2)12-19;1-4-8(5-7(2)3)18-10-9(11(19)12(10)20)17-6-13(14,15)16;1-3-2/h7,12-13,16,18,22H,4-6,8-11,14-15H2,1-3H3;4-5,17-18H,6H2,1-3H3;3H,1H2,2H3/b;8-4+;. The van der Waals surface area contributed by atoms with Crippen LogP contribution in [0.15, 0.2) is 80.1 Å². The van der Waals surface area contributed by atoms with Gasteiger partial charge in [-0.15, -0.1) is 6.58 Å². The van der Waals surface area contributed by atoms with Gasteiger partial charge in [0.15, 0.2) is 0 Å². The van der Waals surface area contributed by atoms with Crippen LogP contribution >= 0.6 is 11.6 Å². The third-order valence-electron chi connectivity index (χ3n) is 7.51. The minimum Gasteiger partial charge on any atom is -0.371 e. The molecule has 1 aromatic rings. The number of nitrogens with one attached hydrogen (secondary N) is 3. The number of rotatable bonds is 12. The van der Waals surface area contributed by atoms with E-state index in [1.165, 1.54) is 49.9 Å². The Morgan fingerprint density at radius 1 is 1.13 bits per heavy atom. The minimum absolute atomic E-state index is 0.134. The topological polar surface area (TPSA) is 73.5 Å². The highest BCUT2D eigenvalue weighted by Crippen LogP contribution is 2.26. The summed E-state index contributed by atoms with van der Waals surface area (Å²) < 4.78 is 36.3. The van der Waals surface area contributed by atoms with E-state index in [2.05, 4.69) is 61.2 Å². The molecule has 0 bridgehead atoms. The summed E-state index contributed by atoms with van der Waals surface area (Å²) in [5.74, 6) is 1.74. The predicted octanol–water partition coefficient (Wildman–Crippen LogP) is 8.46. The van der Waals surface area contributed by atoms with E-state index < -0.39 is 23.6 Å². The Labute approximate surface area is 278 Å². The summed E-state index contributed by atoms with van der Waals surface area (Å²) in [7, 11) is 2.05. The minimum atomic E-state index is -4.46. The van der Waals surface area contributed by atoms with Crippen LogP contribution in [0.1, 0.15) is 73.6 Å². The van der Waals surface area contributed by atoms with E-state index in [-0.39, 0.29) is 11.4 Å². The summed E-state index contributed by atoms with van der Waals surface area (Å²) >= 11 is 6.16. The Hall–Kier alpha value is -2.88. The molecule has 0 aromatic heterocycles. The van der Waals surface area contributed by atoms with Gasteiger partial charge in [-0.2, -0.15) is 13.2 Å². The Morgan fingerprint density at radius 2 is 1.74 bits per heavy atom. The van der Waals surface area contributed by atoms with Gasteiger partial charge in [0.1, 0.15) is 17.9 Å². The number of hydrogen-bond acceptors (Lipinski definition) is 6. The molecule has 0 spiro atoms. The van der Waals surface area contributed by atoms with Crippen molar-refractivity contribution in [2.75, 3.05) is 50.4 Å². The van der Waals surface area contributed by atoms with Gasteiger partial charge in [-0.25, -0.2) is 0 Å². The van der Waals surface area contributed by atoms with Crippen molar-refractivity contribution in [2.45, 2.75) is 79.8 Å². The van der Waals surface area contributed by atoms with Gasteiger partial charge < -0.3 is 16.0 Å². The zero-order valence-electron chi connectivity index (χ0n) is 28.7. The Balaban J connectivity index is 0.000000428. The summed E-state index contributed by atoms with van der Waals surface area (Å²) in [6, 6.07) is 0. The van der Waals surface area contributed by atoms with E-state index in [0.29, 0.717) is 5.70 Å². The maximum Gasteiger partial charge on any atom is 0.405 e. The first-order valence-electron chi connectivity index (χ1n) is 16.0. The second-order valence-electron chi connectivity index (χ2n) is 12.3. The Morgan fingerprint density at radius 3 is 2.28 bits per heavy atom. The second kappa shape index (κ2) is 21.1. The summed E-state index contributed by atoms with van der Waals surface area (Å²) in [4.78, 5) is 25.3. The lowest BCUT2D eigenvalue weighted by molar-refractivity contribution is -0.115. The van der Waals surface area contributed by atoms with Gasteiger partial charge in [-0.1, -0.05) is 60.4 Å². The first-order chi connectivity index (χ1) is 21.6. The summed E-state index contributed by atoms with van der Waals surface area (Å²) in [6.45, 7) is 18.5. The van der Waals surface area contributed by atoms with E-state index in [1.807, 2.05) is 26.1 Å². The molecule has 3 N–H and O–H groups in total. The fraction of sp³-hybridized carbons (Fsp3) is 0.556. The van der Waals surface area contributed by atoms with Crippen LogP contribution in [-0.4, -0.2) is 50.8 Å². The molecule has 3 rings (SSSR count). The van der Waals surface area contributed by atoms with Gasteiger partial charge >= 0.3 is 6.18 Å². The maximum atomic E-state index is 12.1. The average molecular weight is 667 g/mol. The first-order valence-corrected chi connectivity index (χ1v) is 16.4. The number of hydrogen-bond donors (Lipinski definition) is 3. The Bertz CT molecular complexity index is 1320. The molecule has 0 amide bonds. The monoisotopic (exact) mass is 666 g/mol. The molecule has 10 heteroatoms. The van der Waals surface area contributed by atoms with Crippen molar-refractivity contribution in [3.05, 3.63) is 90.9 Å². The van der Waals surface area contributed by atoms with Crippen molar-refractivity contribution in [3.63, 3.8) is 0 Å². The maximum absolute atomic E-state index is 12.1. The lowest BCUT2D eigenvalue weighted by Gasteiger charge is -2.33. The molecule has 1 heterocycles. The van der Waals surface area contributed by atoms with Gasteiger partial charge in [0.05, 0.1) is 0 Å². The SMILES string of the molecule is C/C=C(\C=C(C)C)Nc1c(NCC(F)(F)F)c(=O)c1=O.C=CC.CNCC(C)CCC1CCN(CC2=CC(C)=CC(Cl)=CC2)CC1. The first kappa shape index (κ1) is 41.1. The van der Waals surface area contributed by atoms with Crippen LogP contribution in [-0.2, 0) is 0 Å². The molecule has 0 saturated carbocycles. The molecule has 0 radical (unpaired) electrons. The average Bonchev–Trinajstić information content (AvgIpc) is 3.14. The predicted molar refractivity (Wildman–Crippen MR) is 190 cm³/mol. The van der Waals surface area contributed by atoms with Crippen LogP contribution in [0.2, 0.25) is 0 Å². The number of halogens is 4. The Kier molecular flexibility index (Phi) is 18.9. The highest BCUT2D eigenvalue weighted by atomic mass is 35.5. The van der Waals surface area contributed by atoms with Crippen molar-refractivity contribution in [2.24, 2.45) is 11.8 Å². The molecule has 1 fully saturated rings. The van der Waals surface area contributed by atoms with Gasteiger partial charge in [-0.05, 0) is 117 Å². The summed E-state index contributed by atoms with van der Waals surface area (Å²) in [5, 5.41) is 8.78. The molecule has 1 aliphatic heterocycles. The van der Waals surface area contributed by atoms with Crippen molar-refractivity contribution >= 4 is 23.0 Å². The fourth-order valence-electron chi connectivity index (χ4n) is 5.24. The van der Waals surface area contributed by atoms with E-state index in [1.54, 1.807) is 25.2 Å². The molecule has 1 saturated heterocycles. The molecule has 1 unspecified atom stereocenters. The van der Waals surface area contributed by atoms with Gasteiger partial charge in [-0.3, -0.25) is 14.5 Å². The van der Waals surface area contributed by atoms with Gasteiger partial charge in [0.2, 0.25) is 0 Å². The third kappa shape index (κ3) is 16.1. The smallest absolute Gasteiger partial charge is 0.371 e. The van der Waals surface area contributed by atoms with Crippen molar-refractivity contribution in [1.82, 2.24) is 10.2 Å². The quantitative estimate of drug-likeness (QED) is 0.118. The van der Waals surface area contributed by atoms with E-state index >= 15 is 0 Å². The van der Waals surface area contributed by atoms with E-state index in [9.17, 15) is 22.8 Å². The van der Waals surface area contributed by atoms with Gasteiger partial charge in [0, 0.05) is 17.3 Å². The summed E-state index contributed by atoms with van der Waals surface area (Å²) in [5.41, 5.74) is 2.02. The van der Waals surface area contributed by atoms with Crippen LogP contribution in [0.3, 0.4) is 0 Å². The molecule has 1 aliphatic carbocycles. The third-order valence-corrected chi connectivity index (χ3v) is 7.77.